The first-order valence-electron chi connectivity index (χ1n) is 9.02. The van der Waals surface area contributed by atoms with Crippen LogP contribution in [0, 0.1) is 6.92 Å². The number of hydrogen-bond donors (Lipinski definition) is 2. The molecule has 6 heteroatoms. The molecule has 6 nitrogen and oxygen atoms in total. The summed E-state index contributed by atoms with van der Waals surface area (Å²) in [4.78, 5) is 37.6. The number of benzene rings is 2. The third kappa shape index (κ3) is 3.81. The fraction of sp³-hybridized carbons (Fsp3) is 0.227. The number of hydrogen-bond acceptors (Lipinski definition) is 4. The third-order valence-electron chi connectivity index (χ3n) is 4.77. The summed E-state index contributed by atoms with van der Waals surface area (Å²) in [5.41, 5.74) is 2.17. The summed E-state index contributed by atoms with van der Waals surface area (Å²) >= 11 is 0. The number of aliphatic hydroxyl groups is 1. The molecule has 1 fully saturated rings. The lowest BCUT2D eigenvalue weighted by molar-refractivity contribution is -0.140. The maximum atomic E-state index is 12.8. The van der Waals surface area contributed by atoms with E-state index in [1.807, 2.05) is 25.1 Å². The average Bonchev–Trinajstić information content (AvgIpc) is 2.93. The molecule has 0 aliphatic carbocycles. The highest BCUT2D eigenvalue weighted by Gasteiger charge is 2.45. The Morgan fingerprint density at radius 3 is 2.25 bits per heavy atom. The van der Waals surface area contributed by atoms with Gasteiger partial charge in [-0.2, -0.15) is 0 Å². The molecule has 0 spiro atoms. The molecule has 2 aromatic rings. The van der Waals surface area contributed by atoms with E-state index >= 15 is 0 Å². The van der Waals surface area contributed by atoms with E-state index in [-0.39, 0.29) is 30.7 Å². The molecule has 0 saturated carbocycles. The SMILES string of the molecule is Cc1ccc(/C(O)=C2\C(=O)C(=O)N(CCCC(=O)O)[C@H]2c2ccccc2)cc1. The van der Waals surface area contributed by atoms with Gasteiger partial charge in [-0.05, 0) is 18.9 Å². The monoisotopic (exact) mass is 379 g/mol. The fourth-order valence-corrected chi connectivity index (χ4v) is 3.36. The number of carboxylic acid groups (broad SMARTS) is 1. The van der Waals surface area contributed by atoms with Gasteiger partial charge in [-0.15, -0.1) is 0 Å². The van der Waals surface area contributed by atoms with Crippen LogP contribution in [0.2, 0.25) is 0 Å². The highest BCUT2D eigenvalue weighted by molar-refractivity contribution is 6.46. The summed E-state index contributed by atoms with van der Waals surface area (Å²) in [6, 6.07) is 15.2. The summed E-state index contributed by atoms with van der Waals surface area (Å²) in [5.74, 6) is -2.68. The Morgan fingerprint density at radius 2 is 1.64 bits per heavy atom. The highest BCUT2D eigenvalue weighted by atomic mass is 16.4. The lowest BCUT2D eigenvalue weighted by Gasteiger charge is -2.25. The van der Waals surface area contributed by atoms with E-state index in [0.29, 0.717) is 11.1 Å². The van der Waals surface area contributed by atoms with Crippen molar-refractivity contribution in [1.82, 2.24) is 4.90 Å². The second-order valence-corrected chi connectivity index (χ2v) is 6.77. The molecule has 1 aliphatic heterocycles. The lowest BCUT2D eigenvalue weighted by atomic mass is 9.95. The van der Waals surface area contributed by atoms with Crippen molar-refractivity contribution in [3.05, 3.63) is 76.9 Å². The van der Waals surface area contributed by atoms with Crippen molar-refractivity contribution in [2.45, 2.75) is 25.8 Å². The number of amides is 1. The number of carbonyl (C=O) groups excluding carboxylic acids is 2. The Balaban J connectivity index is 2.07. The molecule has 1 atom stereocenters. The fourth-order valence-electron chi connectivity index (χ4n) is 3.36. The Morgan fingerprint density at radius 1 is 1.00 bits per heavy atom. The second kappa shape index (κ2) is 8.08. The standard InChI is InChI=1S/C22H21NO5/c1-14-9-11-16(12-10-14)20(26)18-19(15-6-3-2-4-7-15)23(22(28)21(18)27)13-5-8-17(24)25/h2-4,6-7,9-12,19,26H,5,8,13H2,1H3,(H,24,25)/b20-18+/t19-/m0/s1. The molecule has 0 bridgehead atoms. The molecule has 0 aromatic heterocycles. The summed E-state index contributed by atoms with van der Waals surface area (Å²) in [6.45, 7) is 2.02. The van der Waals surface area contributed by atoms with Gasteiger partial charge in [0, 0.05) is 18.5 Å². The van der Waals surface area contributed by atoms with E-state index in [4.69, 9.17) is 5.11 Å². The Kier molecular flexibility index (Phi) is 5.59. The molecule has 144 valence electrons. The predicted molar refractivity (Wildman–Crippen MR) is 104 cm³/mol. The zero-order valence-corrected chi connectivity index (χ0v) is 15.5. The quantitative estimate of drug-likeness (QED) is 0.456. The molecular formula is C22H21NO5. The van der Waals surface area contributed by atoms with Crippen molar-refractivity contribution in [2.75, 3.05) is 6.54 Å². The van der Waals surface area contributed by atoms with Gasteiger partial charge in [-0.25, -0.2) is 0 Å². The number of aryl methyl sites for hydroxylation is 1. The lowest BCUT2D eigenvalue weighted by Crippen LogP contribution is -2.31. The first kappa shape index (κ1) is 19.4. The van der Waals surface area contributed by atoms with Crippen molar-refractivity contribution < 1.29 is 24.6 Å². The van der Waals surface area contributed by atoms with Crippen LogP contribution in [0.3, 0.4) is 0 Å². The summed E-state index contributed by atoms with van der Waals surface area (Å²) < 4.78 is 0. The normalized spacial score (nSPS) is 18.5. The zero-order valence-electron chi connectivity index (χ0n) is 15.5. The van der Waals surface area contributed by atoms with E-state index in [9.17, 15) is 19.5 Å². The molecule has 1 heterocycles. The van der Waals surface area contributed by atoms with Crippen molar-refractivity contribution in [1.29, 1.82) is 0 Å². The zero-order chi connectivity index (χ0) is 20.3. The second-order valence-electron chi connectivity index (χ2n) is 6.77. The van der Waals surface area contributed by atoms with Crippen LogP contribution in [0.4, 0.5) is 0 Å². The van der Waals surface area contributed by atoms with Gasteiger partial charge in [0.15, 0.2) is 0 Å². The molecule has 28 heavy (non-hydrogen) atoms. The van der Waals surface area contributed by atoms with Gasteiger partial charge in [-0.3, -0.25) is 14.4 Å². The maximum absolute atomic E-state index is 12.8. The van der Waals surface area contributed by atoms with Gasteiger partial charge in [-0.1, -0.05) is 60.2 Å². The van der Waals surface area contributed by atoms with Crippen LogP contribution in [-0.2, 0) is 14.4 Å². The van der Waals surface area contributed by atoms with Crippen molar-refractivity contribution in [3.8, 4) is 0 Å². The molecule has 1 amide bonds. The number of Topliss-reactive ketones (excluding diaryl/α,β-unsaturated/α-hetero) is 1. The first-order valence-corrected chi connectivity index (χ1v) is 9.02. The minimum atomic E-state index is -0.965. The predicted octanol–water partition coefficient (Wildman–Crippen LogP) is 3.28. The summed E-state index contributed by atoms with van der Waals surface area (Å²) in [6.07, 6.45) is 0.110. The van der Waals surface area contributed by atoms with Crippen LogP contribution < -0.4 is 0 Å². The van der Waals surface area contributed by atoms with E-state index in [2.05, 4.69) is 0 Å². The Bertz CT molecular complexity index is 931. The number of carboxylic acids is 1. The molecular weight excluding hydrogens is 358 g/mol. The third-order valence-corrected chi connectivity index (χ3v) is 4.77. The highest BCUT2D eigenvalue weighted by Crippen LogP contribution is 2.39. The van der Waals surface area contributed by atoms with Crippen LogP contribution in [-0.4, -0.2) is 39.3 Å². The molecule has 2 N–H and O–H groups in total. The number of aliphatic hydroxyl groups excluding tert-OH is 1. The van der Waals surface area contributed by atoms with E-state index in [1.54, 1.807) is 36.4 Å². The van der Waals surface area contributed by atoms with Gasteiger partial charge >= 0.3 is 5.97 Å². The number of likely N-dealkylation sites (tertiary alicyclic amines) is 1. The summed E-state index contributed by atoms with van der Waals surface area (Å²) in [5, 5.41) is 19.7. The van der Waals surface area contributed by atoms with Crippen molar-refractivity contribution >= 4 is 23.4 Å². The van der Waals surface area contributed by atoms with Gasteiger partial charge in [0.2, 0.25) is 0 Å². The van der Waals surface area contributed by atoms with Crippen LogP contribution in [0.5, 0.6) is 0 Å². The van der Waals surface area contributed by atoms with Gasteiger partial charge < -0.3 is 15.1 Å². The van der Waals surface area contributed by atoms with Gasteiger partial charge in [0.05, 0.1) is 11.6 Å². The number of rotatable bonds is 6. The largest absolute Gasteiger partial charge is 0.507 e. The van der Waals surface area contributed by atoms with E-state index in [0.717, 1.165) is 5.56 Å². The Labute approximate surface area is 162 Å². The number of aliphatic carboxylic acids is 1. The average molecular weight is 379 g/mol. The topological polar surface area (TPSA) is 94.9 Å². The molecule has 0 unspecified atom stereocenters. The summed E-state index contributed by atoms with van der Waals surface area (Å²) in [7, 11) is 0. The van der Waals surface area contributed by atoms with Crippen LogP contribution >= 0.6 is 0 Å². The molecule has 0 radical (unpaired) electrons. The van der Waals surface area contributed by atoms with Crippen molar-refractivity contribution in [3.63, 3.8) is 0 Å². The van der Waals surface area contributed by atoms with Crippen LogP contribution in [0.25, 0.3) is 5.76 Å². The molecule has 3 rings (SSSR count). The Hall–Kier alpha value is -3.41. The van der Waals surface area contributed by atoms with Gasteiger partial charge in [0.25, 0.3) is 11.7 Å². The molecule has 2 aromatic carbocycles. The van der Waals surface area contributed by atoms with E-state index in [1.165, 1.54) is 4.90 Å². The maximum Gasteiger partial charge on any atom is 0.303 e. The minimum absolute atomic E-state index is 0.0235. The molecule has 1 saturated heterocycles. The number of carbonyl (C=O) groups is 3. The van der Waals surface area contributed by atoms with Crippen molar-refractivity contribution in [2.24, 2.45) is 0 Å². The van der Waals surface area contributed by atoms with Crippen LogP contribution in [0.1, 0.15) is 35.6 Å². The minimum Gasteiger partial charge on any atom is -0.507 e. The number of nitrogens with zero attached hydrogens (tertiary/aromatic N) is 1. The molecule has 1 aliphatic rings. The van der Waals surface area contributed by atoms with E-state index < -0.39 is 23.7 Å². The van der Waals surface area contributed by atoms with Gasteiger partial charge in [0.1, 0.15) is 5.76 Å². The smallest absolute Gasteiger partial charge is 0.303 e. The number of ketones is 1. The van der Waals surface area contributed by atoms with Crippen LogP contribution in [0.15, 0.2) is 60.2 Å². The first-order chi connectivity index (χ1) is 13.4.